The molecule has 0 radical (unpaired) electrons. The van der Waals surface area contributed by atoms with Gasteiger partial charge in [-0.2, -0.15) is 4.31 Å². The number of nitrogens with zero attached hydrogens (tertiary/aromatic N) is 2. The normalized spacial score (nSPS) is 17.1. The summed E-state index contributed by atoms with van der Waals surface area (Å²) in [5, 5.41) is 3.53. The van der Waals surface area contributed by atoms with E-state index in [4.69, 9.17) is 0 Å². The first-order chi connectivity index (χ1) is 12.1. The lowest BCUT2D eigenvalue weighted by molar-refractivity contribution is 0.182. The zero-order chi connectivity index (χ0) is 17.3. The zero-order valence-corrected chi connectivity index (χ0v) is 15.5. The predicted octanol–water partition coefficient (Wildman–Crippen LogP) is 3.41. The molecule has 130 valence electrons. The number of sulfonamides is 1. The van der Waals surface area contributed by atoms with Gasteiger partial charge in [0.25, 0.3) is 0 Å². The first kappa shape index (κ1) is 16.7. The van der Waals surface area contributed by atoms with Crippen LogP contribution in [0.2, 0.25) is 0 Å². The Hall–Kier alpha value is -1.73. The molecular formula is C19H20N2O2S2. The summed E-state index contributed by atoms with van der Waals surface area (Å²) in [5.41, 5.74) is 1.33. The molecule has 3 aromatic rings. The van der Waals surface area contributed by atoms with Crippen molar-refractivity contribution in [2.45, 2.75) is 11.4 Å². The lowest BCUT2D eigenvalue weighted by atomic mass is 10.1. The molecule has 0 unspecified atom stereocenters. The number of piperazine rings is 1. The molecule has 1 fully saturated rings. The van der Waals surface area contributed by atoms with Gasteiger partial charge in [0, 0.05) is 37.4 Å². The topological polar surface area (TPSA) is 40.6 Å². The standard InChI is InChI=1S/C19H20N2O2S2/c22-25(23,17-6-2-1-3-7-17)21-12-10-20(11-13-21)14-16-15-24-19-9-5-4-8-18(16)19/h1-9,15H,10-14H2. The van der Waals surface area contributed by atoms with Crippen LogP contribution in [0.15, 0.2) is 64.9 Å². The van der Waals surface area contributed by atoms with E-state index < -0.39 is 10.0 Å². The second-order valence-electron chi connectivity index (χ2n) is 6.25. The maximum atomic E-state index is 12.7. The smallest absolute Gasteiger partial charge is 0.243 e. The van der Waals surface area contributed by atoms with Crippen molar-refractivity contribution in [1.82, 2.24) is 9.21 Å². The summed E-state index contributed by atoms with van der Waals surface area (Å²) in [6, 6.07) is 17.2. The van der Waals surface area contributed by atoms with E-state index in [-0.39, 0.29) is 0 Å². The molecule has 25 heavy (non-hydrogen) atoms. The summed E-state index contributed by atoms with van der Waals surface area (Å²) in [7, 11) is -3.37. The van der Waals surface area contributed by atoms with Gasteiger partial charge in [-0.25, -0.2) is 8.42 Å². The van der Waals surface area contributed by atoms with Crippen LogP contribution in [0.25, 0.3) is 10.1 Å². The van der Waals surface area contributed by atoms with E-state index in [1.165, 1.54) is 15.6 Å². The number of thiophene rings is 1. The molecule has 4 nitrogen and oxygen atoms in total. The van der Waals surface area contributed by atoms with Crippen molar-refractivity contribution in [3.8, 4) is 0 Å². The molecule has 2 heterocycles. The molecule has 4 rings (SSSR count). The van der Waals surface area contributed by atoms with Crippen LogP contribution in [0.1, 0.15) is 5.56 Å². The van der Waals surface area contributed by atoms with Crippen LogP contribution in [-0.4, -0.2) is 43.8 Å². The van der Waals surface area contributed by atoms with E-state index in [9.17, 15) is 8.42 Å². The fraction of sp³-hybridized carbons (Fsp3) is 0.263. The lowest BCUT2D eigenvalue weighted by Gasteiger charge is -2.33. The van der Waals surface area contributed by atoms with Gasteiger partial charge in [0.15, 0.2) is 0 Å². The number of benzene rings is 2. The van der Waals surface area contributed by atoms with Crippen LogP contribution in [-0.2, 0) is 16.6 Å². The highest BCUT2D eigenvalue weighted by Gasteiger charge is 2.28. The van der Waals surface area contributed by atoms with E-state index in [0.29, 0.717) is 18.0 Å². The van der Waals surface area contributed by atoms with E-state index in [0.717, 1.165) is 19.6 Å². The minimum atomic E-state index is -3.37. The minimum absolute atomic E-state index is 0.382. The van der Waals surface area contributed by atoms with Crippen LogP contribution >= 0.6 is 11.3 Å². The maximum Gasteiger partial charge on any atom is 0.243 e. The Bertz CT molecular complexity index is 959. The number of hydrogen-bond donors (Lipinski definition) is 0. The van der Waals surface area contributed by atoms with Gasteiger partial charge >= 0.3 is 0 Å². The number of rotatable bonds is 4. The van der Waals surface area contributed by atoms with Crippen LogP contribution in [0.5, 0.6) is 0 Å². The first-order valence-corrected chi connectivity index (χ1v) is 10.7. The molecule has 0 N–H and O–H groups in total. The van der Waals surface area contributed by atoms with Crippen molar-refractivity contribution < 1.29 is 8.42 Å². The van der Waals surface area contributed by atoms with Gasteiger partial charge in [-0.1, -0.05) is 36.4 Å². The average molecular weight is 373 g/mol. The van der Waals surface area contributed by atoms with Crippen molar-refractivity contribution in [3.05, 3.63) is 65.5 Å². The summed E-state index contributed by atoms with van der Waals surface area (Å²) < 4.78 is 28.3. The molecule has 0 atom stereocenters. The summed E-state index contributed by atoms with van der Waals surface area (Å²) in [6.45, 7) is 3.48. The highest BCUT2D eigenvalue weighted by molar-refractivity contribution is 7.89. The molecular weight excluding hydrogens is 352 g/mol. The van der Waals surface area contributed by atoms with E-state index in [1.54, 1.807) is 39.9 Å². The van der Waals surface area contributed by atoms with Gasteiger partial charge in [0.05, 0.1) is 4.90 Å². The van der Waals surface area contributed by atoms with Crippen molar-refractivity contribution in [1.29, 1.82) is 0 Å². The predicted molar refractivity (Wildman–Crippen MR) is 102 cm³/mol. The minimum Gasteiger partial charge on any atom is -0.296 e. The van der Waals surface area contributed by atoms with Crippen molar-refractivity contribution in [2.24, 2.45) is 0 Å². The molecule has 0 saturated carbocycles. The zero-order valence-electron chi connectivity index (χ0n) is 13.8. The quantitative estimate of drug-likeness (QED) is 0.705. The Morgan fingerprint density at radius 2 is 1.56 bits per heavy atom. The van der Waals surface area contributed by atoms with Gasteiger partial charge in [0.2, 0.25) is 10.0 Å². The maximum absolute atomic E-state index is 12.7. The van der Waals surface area contributed by atoms with E-state index >= 15 is 0 Å². The van der Waals surface area contributed by atoms with Crippen molar-refractivity contribution in [2.75, 3.05) is 26.2 Å². The monoisotopic (exact) mass is 372 g/mol. The molecule has 0 bridgehead atoms. The summed E-state index contributed by atoms with van der Waals surface area (Å²) >= 11 is 1.77. The van der Waals surface area contributed by atoms with Crippen molar-refractivity contribution in [3.63, 3.8) is 0 Å². The molecule has 1 aliphatic rings. The summed E-state index contributed by atoms with van der Waals surface area (Å²) in [6.07, 6.45) is 0. The third-order valence-corrected chi connectivity index (χ3v) is 7.59. The molecule has 1 saturated heterocycles. The molecule has 0 aliphatic carbocycles. The largest absolute Gasteiger partial charge is 0.296 e. The fourth-order valence-electron chi connectivity index (χ4n) is 3.27. The molecule has 6 heteroatoms. The van der Waals surface area contributed by atoms with Crippen LogP contribution in [0, 0.1) is 0 Å². The number of hydrogen-bond acceptors (Lipinski definition) is 4. The first-order valence-electron chi connectivity index (χ1n) is 8.37. The van der Waals surface area contributed by atoms with Crippen LogP contribution in [0.3, 0.4) is 0 Å². The molecule has 1 aromatic heterocycles. The Morgan fingerprint density at radius 1 is 0.880 bits per heavy atom. The van der Waals surface area contributed by atoms with Gasteiger partial charge in [0.1, 0.15) is 0 Å². The third-order valence-electron chi connectivity index (χ3n) is 4.67. The highest BCUT2D eigenvalue weighted by Crippen LogP contribution is 2.27. The molecule has 1 aliphatic heterocycles. The Balaban J connectivity index is 1.43. The van der Waals surface area contributed by atoms with Gasteiger partial charge < -0.3 is 0 Å². The average Bonchev–Trinajstić information content (AvgIpc) is 3.06. The summed E-state index contributed by atoms with van der Waals surface area (Å²) in [4.78, 5) is 2.72. The van der Waals surface area contributed by atoms with Gasteiger partial charge in [-0.15, -0.1) is 11.3 Å². The van der Waals surface area contributed by atoms with Crippen LogP contribution in [0.4, 0.5) is 0 Å². The Kier molecular flexibility index (Phi) is 4.60. The van der Waals surface area contributed by atoms with E-state index in [2.05, 4.69) is 34.5 Å². The van der Waals surface area contributed by atoms with Crippen molar-refractivity contribution >= 4 is 31.4 Å². The van der Waals surface area contributed by atoms with Gasteiger partial charge in [-0.05, 0) is 34.5 Å². The van der Waals surface area contributed by atoms with Crippen LogP contribution < -0.4 is 0 Å². The molecule has 0 spiro atoms. The summed E-state index contributed by atoms with van der Waals surface area (Å²) in [5.74, 6) is 0. The highest BCUT2D eigenvalue weighted by atomic mass is 32.2. The number of fused-ring (bicyclic) bond motifs is 1. The van der Waals surface area contributed by atoms with E-state index in [1.807, 2.05) is 6.07 Å². The third kappa shape index (κ3) is 3.35. The molecule has 2 aromatic carbocycles. The Morgan fingerprint density at radius 3 is 2.32 bits per heavy atom. The SMILES string of the molecule is O=S(=O)(c1ccccc1)N1CCN(Cc2csc3ccccc23)CC1. The Labute approximate surface area is 152 Å². The second-order valence-corrected chi connectivity index (χ2v) is 9.10. The van der Waals surface area contributed by atoms with Gasteiger partial charge in [-0.3, -0.25) is 4.90 Å². The second kappa shape index (κ2) is 6.88. The molecule has 0 amide bonds. The fourth-order valence-corrected chi connectivity index (χ4v) is 5.66. The lowest BCUT2D eigenvalue weighted by Crippen LogP contribution is -2.48.